The van der Waals surface area contributed by atoms with Gasteiger partial charge in [0.15, 0.2) is 0 Å². The van der Waals surface area contributed by atoms with Crippen molar-refractivity contribution in [1.82, 2.24) is 4.90 Å². The lowest BCUT2D eigenvalue weighted by Crippen LogP contribution is -2.26. The number of nitrogens with zero attached hydrogens (tertiary/aromatic N) is 1. The second-order valence-corrected chi connectivity index (χ2v) is 6.32. The molecule has 0 atom stereocenters. The average molecular weight is 425 g/mol. The van der Waals surface area contributed by atoms with Crippen LogP contribution < -0.4 is 0 Å². The normalized spacial score (nSPS) is 10.4. The molecular weight excluding hydrogens is 401 g/mol. The molecule has 0 aliphatic heterocycles. The van der Waals surface area contributed by atoms with Gasteiger partial charge in [-0.25, -0.2) is 4.79 Å². The number of esters is 1. The van der Waals surface area contributed by atoms with Crippen LogP contribution in [0.15, 0.2) is 50.1 Å². The highest BCUT2D eigenvalue weighted by molar-refractivity contribution is 14.1. The van der Waals surface area contributed by atoms with Gasteiger partial charge in [-0.3, -0.25) is 4.90 Å². The average Bonchev–Trinajstić information content (AvgIpc) is 2.50. The zero-order chi connectivity index (χ0) is 17.2. The van der Waals surface area contributed by atoms with E-state index >= 15 is 0 Å². The third kappa shape index (κ3) is 5.95. The Kier molecular flexibility index (Phi) is 8.87. The maximum Gasteiger partial charge on any atom is 0.338 e. The van der Waals surface area contributed by atoms with Crippen LogP contribution in [-0.4, -0.2) is 30.6 Å². The Morgan fingerprint density at radius 2 is 1.87 bits per heavy atom. The third-order valence-electron chi connectivity index (χ3n) is 3.32. The predicted octanol–water partition coefficient (Wildman–Crippen LogP) is 4.37. The van der Waals surface area contributed by atoms with Crippen molar-refractivity contribution >= 4 is 28.6 Å². The minimum Gasteiger partial charge on any atom is -0.462 e. The number of rotatable bonds is 10. The predicted molar refractivity (Wildman–Crippen MR) is 105 cm³/mol. The summed E-state index contributed by atoms with van der Waals surface area (Å²) in [5.41, 5.74) is 2.73. The summed E-state index contributed by atoms with van der Waals surface area (Å²) in [5, 5.41) is 0. The molecule has 1 aromatic rings. The summed E-state index contributed by atoms with van der Waals surface area (Å²) < 4.78 is 6.25. The molecule has 1 aromatic carbocycles. The molecule has 4 heteroatoms. The van der Waals surface area contributed by atoms with E-state index < -0.39 is 0 Å². The van der Waals surface area contributed by atoms with E-state index in [1.165, 1.54) is 0 Å². The zero-order valence-corrected chi connectivity index (χ0v) is 15.8. The first-order valence-electron chi connectivity index (χ1n) is 7.60. The van der Waals surface area contributed by atoms with E-state index in [2.05, 4.69) is 53.3 Å². The van der Waals surface area contributed by atoms with Crippen molar-refractivity contribution in [3.8, 4) is 0 Å². The second-order valence-electron chi connectivity index (χ2n) is 5.08. The van der Waals surface area contributed by atoms with Crippen LogP contribution in [-0.2, 0) is 17.7 Å². The zero-order valence-electron chi connectivity index (χ0n) is 13.7. The number of allylic oxidation sites excluding steroid dienone is 1. The molecule has 0 bridgehead atoms. The Bertz CT molecular complexity index is 571. The summed E-state index contributed by atoms with van der Waals surface area (Å²) in [7, 11) is 0. The highest BCUT2D eigenvalue weighted by Gasteiger charge is 2.18. The van der Waals surface area contributed by atoms with Crippen molar-refractivity contribution < 1.29 is 9.53 Å². The number of carbonyl (C=O) groups is 1. The van der Waals surface area contributed by atoms with Gasteiger partial charge >= 0.3 is 5.97 Å². The Balaban J connectivity index is 3.31. The van der Waals surface area contributed by atoms with E-state index in [0.29, 0.717) is 25.1 Å². The largest absolute Gasteiger partial charge is 0.462 e. The van der Waals surface area contributed by atoms with Crippen LogP contribution in [0.25, 0.3) is 0 Å². The number of carbonyl (C=O) groups excluding carboxylic acids is 1. The van der Waals surface area contributed by atoms with Gasteiger partial charge in [-0.1, -0.05) is 18.2 Å². The molecule has 0 saturated heterocycles. The molecule has 0 spiro atoms. The standard InChI is InChI=1S/C19H24INO2/c1-5-9-15-12-16(20)13-17(19(22)23-8-4)18(15)14-21(10-6-2)11-7-3/h5-7,12-13H,1-3,8-11,14H2,4H3. The lowest BCUT2D eigenvalue weighted by molar-refractivity contribution is 0.0524. The fourth-order valence-corrected chi connectivity index (χ4v) is 3.09. The van der Waals surface area contributed by atoms with Gasteiger partial charge in [0.1, 0.15) is 0 Å². The van der Waals surface area contributed by atoms with Crippen LogP contribution in [0.3, 0.4) is 0 Å². The summed E-state index contributed by atoms with van der Waals surface area (Å²) in [5.74, 6) is -0.275. The molecule has 124 valence electrons. The second kappa shape index (κ2) is 10.4. The summed E-state index contributed by atoms with van der Waals surface area (Å²) in [6, 6.07) is 3.99. The molecule has 0 N–H and O–H groups in total. The van der Waals surface area contributed by atoms with Crippen molar-refractivity contribution in [2.45, 2.75) is 19.9 Å². The Labute approximate surface area is 152 Å². The highest BCUT2D eigenvalue weighted by Crippen LogP contribution is 2.23. The van der Waals surface area contributed by atoms with Crippen LogP contribution in [0.2, 0.25) is 0 Å². The van der Waals surface area contributed by atoms with Crippen molar-refractivity contribution in [2.75, 3.05) is 19.7 Å². The number of hydrogen-bond donors (Lipinski definition) is 0. The minimum atomic E-state index is -0.275. The lowest BCUT2D eigenvalue weighted by atomic mass is 9.98. The first kappa shape index (κ1) is 19.6. The van der Waals surface area contributed by atoms with Crippen LogP contribution in [0.1, 0.15) is 28.4 Å². The molecular formula is C19H24INO2. The Hall–Kier alpha value is -1.40. The molecule has 0 aliphatic rings. The Morgan fingerprint density at radius 1 is 1.22 bits per heavy atom. The minimum absolute atomic E-state index is 0.275. The van der Waals surface area contributed by atoms with E-state index in [1.54, 1.807) is 0 Å². The van der Waals surface area contributed by atoms with E-state index in [1.807, 2.05) is 31.2 Å². The number of ether oxygens (including phenoxy) is 1. The smallest absolute Gasteiger partial charge is 0.338 e. The number of hydrogen-bond acceptors (Lipinski definition) is 3. The molecule has 23 heavy (non-hydrogen) atoms. The van der Waals surface area contributed by atoms with Gasteiger partial charge in [0.05, 0.1) is 12.2 Å². The van der Waals surface area contributed by atoms with E-state index in [-0.39, 0.29) is 5.97 Å². The molecule has 0 heterocycles. The monoisotopic (exact) mass is 425 g/mol. The Morgan fingerprint density at radius 3 is 2.39 bits per heavy atom. The van der Waals surface area contributed by atoms with E-state index in [9.17, 15) is 4.79 Å². The summed E-state index contributed by atoms with van der Waals surface area (Å²) >= 11 is 2.23. The van der Waals surface area contributed by atoms with Gasteiger partial charge in [0, 0.05) is 23.2 Å². The molecule has 0 saturated carbocycles. The van der Waals surface area contributed by atoms with Gasteiger partial charge in [-0.2, -0.15) is 0 Å². The summed E-state index contributed by atoms with van der Waals surface area (Å²) in [6.07, 6.45) is 6.28. The maximum atomic E-state index is 12.4. The molecule has 0 amide bonds. The summed E-state index contributed by atoms with van der Waals surface area (Å²) in [6.45, 7) is 15.7. The van der Waals surface area contributed by atoms with Crippen LogP contribution in [0, 0.1) is 3.57 Å². The molecule has 0 aliphatic carbocycles. The van der Waals surface area contributed by atoms with E-state index in [0.717, 1.165) is 27.8 Å². The quantitative estimate of drug-likeness (QED) is 0.317. The third-order valence-corrected chi connectivity index (χ3v) is 3.95. The molecule has 1 rings (SSSR count). The fourth-order valence-electron chi connectivity index (χ4n) is 2.40. The molecule has 0 aromatic heterocycles. The maximum absolute atomic E-state index is 12.4. The van der Waals surface area contributed by atoms with Crippen LogP contribution in [0.5, 0.6) is 0 Å². The fraction of sp³-hybridized carbons (Fsp3) is 0.316. The van der Waals surface area contributed by atoms with Crippen LogP contribution >= 0.6 is 22.6 Å². The lowest BCUT2D eigenvalue weighted by Gasteiger charge is -2.22. The first-order valence-corrected chi connectivity index (χ1v) is 8.68. The molecule has 0 radical (unpaired) electrons. The number of halogens is 1. The topological polar surface area (TPSA) is 29.5 Å². The van der Waals surface area contributed by atoms with Gasteiger partial charge in [0.25, 0.3) is 0 Å². The van der Waals surface area contributed by atoms with Gasteiger partial charge < -0.3 is 4.74 Å². The van der Waals surface area contributed by atoms with Crippen molar-refractivity contribution in [3.63, 3.8) is 0 Å². The first-order chi connectivity index (χ1) is 11.1. The SMILES string of the molecule is C=CCc1cc(I)cc(C(=O)OCC)c1CN(CC=C)CC=C. The highest BCUT2D eigenvalue weighted by atomic mass is 127. The van der Waals surface area contributed by atoms with Gasteiger partial charge in [0.2, 0.25) is 0 Å². The molecule has 0 unspecified atom stereocenters. The van der Waals surface area contributed by atoms with Gasteiger partial charge in [-0.15, -0.1) is 19.7 Å². The van der Waals surface area contributed by atoms with Gasteiger partial charge in [-0.05, 0) is 59.2 Å². The van der Waals surface area contributed by atoms with Crippen LogP contribution in [0.4, 0.5) is 0 Å². The van der Waals surface area contributed by atoms with Crippen molar-refractivity contribution in [3.05, 3.63) is 70.4 Å². The molecule has 3 nitrogen and oxygen atoms in total. The van der Waals surface area contributed by atoms with Crippen molar-refractivity contribution in [1.29, 1.82) is 0 Å². The number of benzene rings is 1. The summed E-state index contributed by atoms with van der Waals surface area (Å²) in [4.78, 5) is 14.5. The van der Waals surface area contributed by atoms with E-state index in [4.69, 9.17) is 4.74 Å². The van der Waals surface area contributed by atoms with Crippen molar-refractivity contribution in [2.24, 2.45) is 0 Å². The molecule has 0 fully saturated rings.